The van der Waals surface area contributed by atoms with E-state index in [4.69, 9.17) is 81.3 Å². The number of nitrogens with zero attached hydrogens (tertiary/aromatic N) is 8. The Hall–Kier alpha value is -5.40. The Morgan fingerprint density at radius 3 is 1.88 bits per heavy atom. The molecule has 5 aromatic rings. The zero-order chi connectivity index (χ0) is 47.8. The van der Waals surface area contributed by atoms with Gasteiger partial charge >= 0.3 is 12.0 Å². The maximum Gasteiger partial charge on any atom is 0.320 e. The zero-order valence-corrected chi connectivity index (χ0v) is 40.5. The van der Waals surface area contributed by atoms with Gasteiger partial charge < -0.3 is 47.9 Å². The minimum absolute atomic E-state index is 0.0967. The van der Waals surface area contributed by atoms with Crippen molar-refractivity contribution in [2.45, 2.75) is 81.8 Å². The molecule has 2 aromatic carbocycles. The van der Waals surface area contributed by atoms with Crippen molar-refractivity contribution in [2.24, 2.45) is 4.99 Å². The zero-order valence-electron chi connectivity index (χ0n) is 39.0. The number of hydrogen-bond acceptors (Lipinski definition) is 16. The number of allylic oxidation sites excluding steroid dienone is 1. The molecule has 11 rings (SSSR count). The van der Waals surface area contributed by atoms with Crippen LogP contribution in [0.4, 0.5) is 5.82 Å². The predicted octanol–water partition coefficient (Wildman–Crippen LogP) is 7.93. The molecular formula is C50H60Cl2N8O9. The SMILES string of the molecule is COc1cccc(-c2ccn(-c3cc(N4CC[C@H]5OCC[C@H]54)nc(OCC4CCCO4)n3)n2)c1.COc1cccc(C2=CC=NC2)c1.Clc1cc(Cl)nc(OCC2CCCO2)n1.OCC1CCCO1. The van der Waals surface area contributed by atoms with Gasteiger partial charge in [0.05, 0.1) is 63.5 Å². The number of ether oxygens (including phenoxy) is 8. The first-order chi connectivity index (χ1) is 33.8. The van der Waals surface area contributed by atoms with Crippen molar-refractivity contribution < 1.29 is 43.0 Å². The van der Waals surface area contributed by atoms with Gasteiger partial charge in [-0.2, -0.15) is 25.0 Å². The van der Waals surface area contributed by atoms with Gasteiger partial charge in [-0.1, -0.05) is 47.5 Å². The van der Waals surface area contributed by atoms with Crippen LogP contribution in [0.2, 0.25) is 10.3 Å². The summed E-state index contributed by atoms with van der Waals surface area (Å²) in [6.07, 6.45) is 14.8. The largest absolute Gasteiger partial charge is 0.497 e. The number of methoxy groups -OCH3 is 2. The van der Waals surface area contributed by atoms with Gasteiger partial charge in [-0.05, 0) is 98.9 Å². The van der Waals surface area contributed by atoms with Crippen LogP contribution in [-0.2, 0) is 18.9 Å². The van der Waals surface area contributed by atoms with Crippen LogP contribution in [0.3, 0.4) is 0 Å². The van der Waals surface area contributed by atoms with Crippen molar-refractivity contribution in [3.63, 3.8) is 0 Å². The Bertz CT molecular complexity index is 2440. The molecule has 17 nitrogen and oxygen atoms in total. The highest BCUT2D eigenvalue weighted by atomic mass is 35.5. The van der Waals surface area contributed by atoms with E-state index in [1.54, 1.807) is 18.9 Å². The summed E-state index contributed by atoms with van der Waals surface area (Å²) in [6.45, 7) is 6.00. The van der Waals surface area contributed by atoms with Gasteiger partial charge in [0.25, 0.3) is 0 Å². The first-order valence-corrected chi connectivity index (χ1v) is 24.3. The predicted molar refractivity (Wildman–Crippen MR) is 263 cm³/mol. The van der Waals surface area contributed by atoms with Gasteiger partial charge in [0.2, 0.25) is 0 Å². The number of rotatable bonds is 13. The summed E-state index contributed by atoms with van der Waals surface area (Å²) >= 11 is 11.4. The molecule has 0 spiro atoms. The molecule has 5 atom stereocenters. The molecule has 0 radical (unpaired) electrons. The van der Waals surface area contributed by atoms with E-state index in [0.29, 0.717) is 31.1 Å². The van der Waals surface area contributed by atoms with Crippen LogP contribution in [0.15, 0.2) is 84.0 Å². The topological polar surface area (TPSA) is 179 Å². The molecule has 6 aliphatic rings. The highest BCUT2D eigenvalue weighted by Gasteiger charge is 2.40. The summed E-state index contributed by atoms with van der Waals surface area (Å²) in [6, 6.07) is 22.2. The number of aliphatic hydroxyl groups excluding tert-OH is 1. The fraction of sp³-hybridized carbons (Fsp3) is 0.480. The highest BCUT2D eigenvalue weighted by Crippen LogP contribution is 2.34. The summed E-state index contributed by atoms with van der Waals surface area (Å²) in [5.41, 5.74) is 4.26. The first kappa shape index (κ1) is 50.0. The van der Waals surface area contributed by atoms with Crippen molar-refractivity contribution in [2.75, 3.05) is 78.5 Å². The number of benzene rings is 2. The van der Waals surface area contributed by atoms with Crippen LogP contribution in [0.5, 0.6) is 23.5 Å². The number of aliphatic imine (C=N–C) groups is 1. The molecule has 5 fully saturated rings. The molecule has 3 aromatic heterocycles. The molecule has 0 amide bonds. The number of halogens is 2. The van der Waals surface area contributed by atoms with Gasteiger partial charge in [0.15, 0.2) is 5.82 Å². The standard InChI is InChI=1S/C25H29N5O4.C11H11NO.C9H10Cl2N2O2.C5H10O2/c1-31-18-5-2-4-17(14-18)20-7-11-30(28-20)24-15-23(29-10-8-22-21(29)9-13-33-22)26-25(27-24)34-16-19-6-3-12-32-19;1-13-11-4-2-3-9(7-11)10-5-6-12-8-10;10-7-4-8(11)13-9(12-7)15-5-6-2-1-3-14-6;6-4-5-2-1-3-7-5/h2,4-5,7,11,14-15,19,21-22H,3,6,8-10,12-13,16H2,1H3;2-7H,8H2,1H3;4,6H,1-3,5H2;5-6H,1-4H2/t19?,21-,22-;;;/m1.../s1. The van der Waals surface area contributed by atoms with Gasteiger partial charge in [-0.3, -0.25) is 4.99 Å². The third-order valence-electron chi connectivity index (χ3n) is 12.2. The Balaban J connectivity index is 0.000000150. The number of aliphatic hydroxyl groups is 1. The van der Waals surface area contributed by atoms with E-state index in [1.165, 1.54) is 17.2 Å². The molecule has 368 valence electrons. The van der Waals surface area contributed by atoms with Crippen molar-refractivity contribution >= 4 is 40.8 Å². The quantitative estimate of drug-likeness (QED) is 0.112. The second-order valence-corrected chi connectivity index (χ2v) is 17.7. The van der Waals surface area contributed by atoms with Crippen LogP contribution in [0, 0.1) is 0 Å². The minimum Gasteiger partial charge on any atom is -0.497 e. The fourth-order valence-corrected chi connectivity index (χ4v) is 8.98. The molecule has 0 aliphatic carbocycles. The van der Waals surface area contributed by atoms with E-state index in [2.05, 4.69) is 25.9 Å². The summed E-state index contributed by atoms with van der Waals surface area (Å²) in [7, 11) is 3.34. The van der Waals surface area contributed by atoms with Crippen LogP contribution in [0.1, 0.15) is 56.9 Å². The van der Waals surface area contributed by atoms with E-state index in [9.17, 15) is 0 Å². The van der Waals surface area contributed by atoms with Crippen molar-refractivity contribution in [1.82, 2.24) is 29.7 Å². The Kier molecular flexibility index (Phi) is 18.4. The van der Waals surface area contributed by atoms with Crippen LogP contribution < -0.4 is 23.8 Å². The summed E-state index contributed by atoms with van der Waals surface area (Å²) in [5, 5.41) is 13.8. The lowest BCUT2D eigenvalue weighted by atomic mass is 10.1. The number of hydrogen-bond donors (Lipinski definition) is 1. The second-order valence-electron chi connectivity index (χ2n) is 16.9. The lowest BCUT2D eigenvalue weighted by Crippen LogP contribution is -2.33. The number of anilines is 1. The molecule has 6 aliphatic heterocycles. The van der Waals surface area contributed by atoms with E-state index >= 15 is 0 Å². The molecule has 0 saturated carbocycles. The molecule has 69 heavy (non-hydrogen) atoms. The molecule has 0 bridgehead atoms. The van der Waals surface area contributed by atoms with Gasteiger partial charge in [-0.15, -0.1) is 0 Å². The molecule has 1 N–H and O–H groups in total. The third kappa shape index (κ3) is 14.3. The van der Waals surface area contributed by atoms with Crippen molar-refractivity contribution in [3.05, 3.63) is 94.9 Å². The molecule has 9 heterocycles. The maximum absolute atomic E-state index is 8.44. The molecule has 3 unspecified atom stereocenters. The fourth-order valence-electron chi connectivity index (χ4n) is 8.57. The van der Waals surface area contributed by atoms with Crippen LogP contribution in [0.25, 0.3) is 22.6 Å². The molecular weight excluding hydrogens is 928 g/mol. The van der Waals surface area contributed by atoms with Gasteiger partial charge in [0.1, 0.15) is 40.8 Å². The lowest BCUT2D eigenvalue weighted by molar-refractivity contribution is 0.0591. The molecule has 5 saturated heterocycles. The third-order valence-corrected chi connectivity index (χ3v) is 12.6. The van der Waals surface area contributed by atoms with E-state index in [0.717, 1.165) is 119 Å². The maximum atomic E-state index is 8.44. The van der Waals surface area contributed by atoms with Crippen LogP contribution >= 0.6 is 23.2 Å². The first-order valence-electron chi connectivity index (χ1n) is 23.6. The average molecular weight is 988 g/mol. The van der Waals surface area contributed by atoms with E-state index in [1.807, 2.05) is 73.1 Å². The summed E-state index contributed by atoms with van der Waals surface area (Å²) in [4.78, 5) is 23.7. The Morgan fingerprint density at radius 2 is 1.29 bits per heavy atom. The summed E-state index contributed by atoms with van der Waals surface area (Å²) < 4.78 is 45.7. The monoisotopic (exact) mass is 986 g/mol. The summed E-state index contributed by atoms with van der Waals surface area (Å²) in [5.74, 6) is 3.21. The van der Waals surface area contributed by atoms with E-state index < -0.39 is 0 Å². The Morgan fingerprint density at radius 1 is 0.667 bits per heavy atom. The number of fused-ring (bicyclic) bond motifs is 1. The molecule has 19 heteroatoms. The minimum atomic E-state index is 0.0967. The van der Waals surface area contributed by atoms with Crippen molar-refractivity contribution in [1.29, 1.82) is 0 Å². The van der Waals surface area contributed by atoms with Gasteiger partial charge in [-0.25, -0.2) is 4.68 Å². The number of aromatic nitrogens is 6. The second kappa shape index (κ2) is 25.5. The lowest BCUT2D eigenvalue weighted by Gasteiger charge is -2.24. The van der Waals surface area contributed by atoms with E-state index in [-0.39, 0.29) is 47.3 Å². The van der Waals surface area contributed by atoms with Crippen molar-refractivity contribution in [3.8, 4) is 40.6 Å². The normalized spacial score (nSPS) is 22.1. The Labute approximate surface area is 412 Å². The highest BCUT2D eigenvalue weighted by molar-refractivity contribution is 6.33. The average Bonchev–Trinajstić information content (AvgIpc) is 4.22. The van der Waals surface area contributed by atoms with Crippen LogP contribution in [-0.4, -0.2) is 145 Å². The smallest absolute Gasteiger partial charge is 0.320 e. The van der Waals surface area contributed by atoms with Gasteiger partial charge in [0, 0.05) is 63.1 Å².